The summed E-state index contributed by atoms with van der Waals surface area (Å²) in [5.41, 5.74) is 0. The molecule has 0 saturated carbocycles. The molecular weight excluding hydrogens is 568 g/mol. The summed E-state index contributed by atoms with van der Waals surface area (Å²) in [6.45, 7) is 5.72. The zero-order valence-electron chi connectivity index (χ0n) is 30.1. The van der Waals surface area contributed by atoms with Crippen molar-refractivity contribution in [1.29, 1.82) is 0 Å². The minimum absolute atomic E-state index is 0. The summed E-state index contributed by atoms with van der Waals surface area (Å²) < 4.78 is 5.36. The van der Waals surface area contributed by atoms with Crippen molar-refractivity contribution in [1.82, 2.24) is 11.5 Å². The Balaban J connectivity index is -0.00000840. The van der Waals surface area contributed by atoms with Crippen LogP contribution in [0.15, 0.2) is 0 Å². The number of halogens is 1. The summed E-state index contributed by atoms with van der Waals surface area (Å²) in [5, 5.41) is 3.02. The van der Waals surface area contributed by atoms with E-state index in [1.165, 1.54) is 161 Å². The number of amides is 1. The topological polar surface area (TPSA) is 91.9 Å². The lowest BCUT2D eigenvalue weighted by Gasteiger charge is -2.07. The second-order valence-electron chi connectivity index (χ2n) is 13.0. The summed E-state index contributed by atoms with van der Waals surface area (Å²) in [5.74, 6) is 0.111. The molecule has 0 aromatic heterocycles. The minimum Gasteiger partial charge on any atom is -1.00 e. The van der Waals surface area contributed by atoms with Crippen LogP contribution < -0.4 is 23.9 Å². The molecule has 0 saturated heterocycles. The van der Waals surface area contributed by atoms with Gasteiger partial charge in [0.2, 0.25) is 5.91 Å². The van der Waals surface area contributed by atoms with Gasteiger partial charge in [-0.15, -0.1) is 0 Å². The Bertz CT molecular complexity index is 562. The Labute approximate surface area is 282 Å². The third-order valence-corrected chi connectivity index (χ3v) is 8.65. The Morgan fingerprint density at radius 1 is 0.432 bits per heavy atom. The number of ether oxygens (including phenoxy) is 1. The van der Waals surface area contributed by atoms with Crippen molar-refractivity contribution < 1.29 is 26.7 Å². The summed E-state index contributed by atoms with van der Waals surface area (Å²) in [4.78, 5) is 23.9. The molecule has 0 aliphatic heterocycles. The lowest BCUT2D eigenvalue weighted by atomic mass is 10.0. The smallest absolute Gasteiger partial charge is 0.305 e. The summed E-state index contributed by atoms with van der Waals surface area (Å²) in [6.07, 6.45) is 40.2. The van der Waals surface area contributed by atoms with Gasteiger partial charge in [-0.2, -0.15) is 0 Å². The molecule has 0 bridgehead atoms. The highest BCUT2D eigenvalue weighted by Gasteiger charge is 2.04. The van der Waals surface area contributed by atoms with Crippen LogP contribution in [0.5, 0.6) is 0 Å². The molecule has 266 valence electrons. The van der Waals surface area contributed by atoms with Crippen molar-refractivity contribution in [2.75, 3.05) is 13.2 Å². The first-order valence-electron chi connectivity index (χ1n) is 19.1. The Hall–Kier alpha value is -0.810. The van der Waals surface area contributed by atoms with Crippen LogP contribution in [-0.2, 0) is 14.3 Å². The van der Waals surface area contributed by atoms with E-state index in [2.05, 4.69) is 19.2 Å². The van der Waals surface area contributed by atoms with E-state index in [1.807, 2.05) is 0 Å². The fourth-order valence-electron chi connectivity index (χ4n) is 5.75. The SMILES string of the molecule is CCCCCCCCCCCCCCCCCC(=O)NCCCCOC(=O)CCCCCCCCCCCCCCC.[Cl-].[NH4+]. The number of carbonyl (C=O) groups excluding carboxylic acids is 2. The highest BCUT2D eigenvalue weighted by atomic mass is 35.5. The van der Waals surface area contributed by atoms with Gasteiger partial charge in [-0.1, -0.05) is 181 Å². The number of unbranched alkanes of at least 4 members (excludes halogenated alkanes) is 27. The first kappa shape index (κ1) is 47.6. The normalized spacial score (nSPS) is 10.7. The Morgan fingerprint density at radius 3 is 1.11 bits per heavy atom. The number of quaternary nitrogens is 1. The van der Waals surface area contributed by atoms with Crippen molar-refractivity contribution in [3.05, 3.63) is 0 Å². The van der Waals surface area contributed by atoms with E-state index in [4.69, 9.17) is 4.74 Å². The molecule has 0 aromatic carbocycles. The van der Waals surface area contributed by atoms with Gasteiger partial charge in [0.15, 0.2) is 0 Å². The second-order valence-corrected chi connectivity index (χ2v) is 13.0. The number of hydrogen-bond donors (Lipinski definition) is 2. The fraction of sp³-hybridized carbons (Fsp3) is 0.947. The van der Waals surface area contributed by atoms with Crippen molar-refractivity contribution in [2.24, 2.45) is 0 Å². The Morgan fingerprint density at radius 2 is 0.750 bits per heavy atom. The molecule has 0 aliphatic carbocycles. The van der Waals surface area contributed by atoms with Crippen LogP contribution in [-0.4, -0.2) is 25.0 Å². The third-order valence-electron chi connectivity index (χ3n) is 8.65. The van der Waals surface area contributed by atoms with Crippen molar-refractivity contribution >= 4 is 11.9 Å². The lowest BCUT2D eigenvalue weighted by molar-refractivity contribution is -0.144. The molecule has 1 amide bonds. The predicted molar refractivity (Wildman–Crippen MR) is 189 cm³/mol. The van der Waals surface area contributed by atoms with E-state index >= 15 is 0 Å². The predicted octanol–water partition coefficient (Wildman–Crippen LogP) is 9.55. The number of rotatable bonds is 35. The lowest BCUT2D eigenvalue weighted by Crippen LogP contribution is -3.00. The van der Waals surface area contributed by atoms with Gasteiger partial charge in [-0.3, -0.25) is 9.59 Å². The first-order valence-corrected chi connectivity index (χ1v) is 19.1. The van der Waals surface area contributed by atoms with Gasteiger partial charge in [0.05, 0.1) is 6.61 Å². The molecule has 6 heteroatoms. The van der Waals surface area contributed by atoms with Crippen molar-refractivity contribution in [3.8, 4) is 0 Å². The number of hydrogen-bond acceptors (Lipinski definition) is 3. The number of esters is 1. The molecule has 0 unspecified atom stereocenters. The van der Waals surface area contributed by atoms with Crippen LogP contribution in [0.2, 0.25) is 0 Å². The van der Waals surface area contributed by atoms with Crippen LogP contribution in [0.3, 0.4) is 0 Å². The third kappa shape index (κ3) is 41.2. The van der Waals surface area contributed by atoms with Gasteiger partial charge < -0.3 is 28.6 Å². The van der Waals surface area contributed by atoms with Gasteiger partial charge in [-0.25, -0.2) is 0 Å². The highest BCUT2D eigenvalue weighted by molar-refractivity contribution is 5.75. The monoisotopic (exact) mass is 647 g/mol. The van der Waals surface area contributed by atoms with E-state index < -0.39 is 0 Å². The molecule has 0 fully saturated rings. The van der Waals surface area contributed by atoms with E-state index in [1.54, 1.807) is 0 Å². The molecule has 0 aliphatic rings. The summed E-state index contributed by atoms with van der Waals surface area (Å²) in [6, 6.07) is 0. The zero-order valence-corrected chi connectivity index (χ0v) is 30.9. The number of carbonyl (C=O) groups is 2. The molecule has 5 nitrogen and oxygen atoms in total. The largest absolute Gasteiger partial charge is 1.00 e. The fourth-order valence-corrected chi connectivity index (χ4v) is 5.75. The van der Waals surface area contributed by atoms with Gasteiger partial charge in [0, 0.05) is 19.4 Å². The van der Waals surface area contributed by atoms with Crippen LogP contribution in [0, 0.1) is 0 Å². The average molecular weight is 648 g/mol. The standard InChI is InChI=1S/C38H75NO3.ClH.H3N/c1-3-5-7-9-11-13-15-17-18-20-21-23-25-27-29-33-37(40)39-35-31-32-36-42-38(41)34-30-28-26-24-22-19-16-14-12-10-8-6-4-2;;/h3-36H2,1-2H3,(H,39,40);1H;1H3. The van der Waals surface area contributed by atoms with Crippen LogP contribution >= 0.6 is 0 Å². The van der Waals surface area contributed by atoms with Gasteiger partial charge in [0.1, 0.15) is 0 Å². The molecule has 5 N–H and O–H groups in total. The average Bonchev–Trinajstić information content (AvgIpc) is 2.99. The van der Waals surface area contributed by atoms with E-state index in [0.717, 1.165) is 32.1 Å². The van der Waals surface area contributed by atoms with Gasteiger partial charge in [0.25, 0.3) is 0 Å². The van der Waals surface area contributed by atoms with Crippen molar-refractivity contribution in [3.63, 3.8) is 0 Å². The molecule has 0 spiro atoms. The molecule has 0 heterocycles. The summed E-state index contributed by atoms with van der Waals surface area (Å²) in [7, 11) is 0. The number of nitrogens with one attached hydrogen (secondary N) is 1. The van der Waals surface area contributed by atoms with Crippen LogP contribution in [0.1, 0.15) is 219 Å². The molecule has 0 atom stereocenters. The summed E-state index contributed by atoms with van der Waals surface area (Å²) >= 11 is 0. The minimum atomic E-state index is -0.0599. The van der Waals surface area contributed by atoms with Crippen LogP contribution in [0.4, 0.5) is 0 Å². The molecule has 0 rings (SSSR count). The van der Waals surface area contributed by atoms with Gasteiger partial charge in [-0.05, 0) is 25.7 Å². The van der Waals surface area contributed by atoms with E-state index in [-0.39, 0.29) is 30.4 Å². The molecule has 0 aromatic rings. The quantitative estimate of drug-likeness (QED) is 0.0530. The van der Waals surface area contributed by atoms with Crippen molar-refractivity contribution in [2.45, 2.75) is 219 Å². The first-order chi connectivity index (χ1) is 20.7. The Kier molecular flexibility index (Phi) is 45.6. The van der Waals surface area contributed by atoms with Crippen LogP contribution in [0.25, 0.3) is 0 Å². The maximum Gasteiger partial charge on any atom is 0.305 e. The zero-order chi connectivity index (χ0) is 30.6. The maximum atomic E-state index is 12.0. The molecular formula is C38H79ClN2O3. The van der Waals surface area contributed by atoms with E-state index in [0.29, 0.717) is 26.0 Å². The second kappa shape index (κ2) is 42.2. The highest BCUT2D eigenvalue weighted by Crippen LogP contribution is 2.15. The van der Waals surface area contributed by atoms with E-state index in [9.17, 15) is 9.59 Å². The maximum absolute atomic E-state index is 12.0. The van der Waals surface area contributed by atoms with Gasteiger partial charge >= 0.3 is 5.97 Å². The molecule has 0 radical (unpaired) electrons. The molecule has 44 heavy (non-hydrogen) atoms.